The molecule has 4 rings (SSSR count). The number of thiophene rings is 1. The van der Waals surface area contributed by atoms with Gasteiger partial charge < -0.3 is 10.1 Å². The monoisotopic (exact) mass is 491 g/mol. The maximum atomic E-state index is 13.3. The number of hydrogen-bond acceptors (Lipinski definition) is 6. The lowest BCUT2D eigenvalue weighted by Crippen LogP contribution is -2.33. The highest BCUT2D eigenvalue weighted by atomic mass is 32.1. The standard InChI is InChI=1S/C22H20F3N5O3S/c1-21(2,3)30-19-15(11-26-30)18(16-5-4-10-34-16)28-29(20(19)32)12-17(31)27-13-6-8-14(9-7-13)33-22(23,24)25/h4-11H,12H2,1-3H3,(H,27,31). The number of amides is 1. The summed E-state index contributed by atoms with van der Waals surface area (Å²) in [6.45, 7) is 5.33. The van der Waals surface area contributed by atoms with Crippen molar-refractivity contribution in [2.24, 2.45) is 0 Å². The number of nitrogens with one attached hydrogen (secondary N) is 1. The zero-order chi connectivity index (χ0) is 24.7. The van der Waals surface area contributed by atoms with Crippen molar-refractivity contribution in [2.45, 2.75) is 39.2 Å². The second kappa shape index (κ2) is 8.60. The molecule has 12 heteroatoms. The van der Waals surface area contributed by atoms with Crippen LogP contribution in [-0.2, 0) is 16.9 Å². The minimum absolute atomic E-state index is 0.242. The summed E-state index contributed by atoms with van der Waals surface area (Å²) >= 11 is 1.44. The Morgan fingerprint density at radius 1 is 1.15 bits per heavy atom. The van der Waals surface area contributed by atoms with E-state index in [4.69, 9.17) is 0 Å². The molecule has 3 aromatic heterocycles. The second-order valence-corrected chi connectivity index (χ2v) is 9.35. The summed E-state index contributed by atoms with van der Waals surface area (Å²) < 4.78 is 43.5. The van der Waals surface area contributed by atoms with Gasteiger partial charge in [0.05, 0.1) is 22.0 Å². The molecule has 0 bridgehead atoms. The molecule has 0 aliphatic carbocycles. The molecule has 0 unspecified atom stereocenters. The van der Waals surface area contributed by atoms with Crippen molar-refractivity contribution in [1.82, 2.24) is 19.6 Å². The van der Waals surface area contributed by atoms with Gasteiger partial charge in [0, 0.05) is 5.69 Å². The van der Waals surface area contributed by atoms with E-state index >= 15 is 0 Å². The zero-order valence-electron chi connectivity index (χ0n) is 18.4. The molecular formula is C22H20F3N5O3S. The van der Waals surface area contributed by atoms with Gasteiger partial charge in [-0.1, -0.05) is 6.07 Å². The van der Waals surface area contributed by atoms with Gasteiger partial charge in [0.15, 0.2) is 0 Å². The molecule has 4 aromatic rings. The summed E-state index contributed by atoms with van der Waals surface area (Å²) in [5, 5.41) is 13.8. The number of rotatable bonds is 5. The average molecular weight is 491 g/mol. The first-order valence-corrected chi connectivity index (χ1v) is 11.0. The third-order valence-corrected chi connectivity index (χ3v) is 5.61. The maximum Gasteiger partial charge on any atom is 0.573 e. The van der Waals surface area contributed by atoms with E-state index in [2.05, 4.69) is 20.3 Å². The number of alkyl halides is 3. The van der Waals surface area contributed by atoms with Gasteiger partial charge in [-0.2, -0.15) is 10.2 Å². The van der Waals surface area contributed by atoms with Gasteiger partial charge in [0.25, 0.3) is 5.56 Å². The first-order valence-electron chi connectivity index (χ1n) is 10.1. The number of fused-ring (bicyclic) bond motifs is 1. The zero-order valence-corrected chi connectivity index (χ0v) is 19.2. The van der Waals surface area contributed by atoms with E-state index in [9.17, 15) is 22.8 Å². The van der Waals surface area contributed by atoms with Crippen LogP contribution in [0.4, 0.5) is 18.9 Å². The third-order valence-electron chi connectivity index (χ3n) is 4.74. The Morgan fingerprint density at radius 3 is 2.44 bits per heavy atom. The Morgan fingerprint density at radius 2 is 1.85 bits per heavy atom. The van der Waals surface area contributed by atoms with E-state index in [1.807, 2.05) is 38.3 Å². The van der Waals surface area contributed by atoms with Crippen LogP contribution in [0.5, 0.6) is 5.75 Å². The number of ether oxygens (including phenoxy) is 1. The summed E-state index contributed by atoms with van der Waals surface area (Å²) in [4.78, 5) is 26.8. The van der Waals surface area contributed by atoms with Crippen LogP contribution >= 0.6 is 11.3 Å². The average Bonchev–Trinajstić information content (AvgIpc) is 3.40. The first kappa shape index (κ1) is 23.5. The van der Waals surface area contributed by atoms with Crippen molar-refractivity contribution < 1.29 is 22.7 Å². The quantitative estimate of drug-likeness (QED) is 0.440. The molecule has 0 saturated carbocycles. The number of benzene rings is 1. The largest absolute Gasteiger partial charge is 0.573 e. The van der Waals surface area contributed by atoms with Crippen LogP contribution in [0, 0.1) is 0 Å². The van der Waals surface area contributed by atoms with Crippen molar-refractivity contribution in [2.75, 3.05) is 5.32 Å². The van der Waals surface area contributed by atoms with E-state index in [0.717, 1.165) is 21.7 Å². The van der Waals surface area contributed by atoms with Gasteiger partial charge in [0.1, 0.15) is 23.5 Å². The molecule has 0 aliphatic heterocycles. The van der Waals surface area contributed by atoms with E-state index in [1.165, 1.54) is 23.5 Å². The van der Waals surface area contributed by atoms with Gasteiger partial charge in [-0.15, -0.1) is 24.5 Å². The molecular weight excluding hydrogens is 471 g/mol. The lowest BCUT2D eigenvalue weighted by atomic mass is 10.1. The number of carbonyl (C=O) groups is 1. The predicted octanol–water partition coefficient (Wildman–Crippen LogP) is 4.61. The second-order valence-electron chi connectivity index (χ2n) is 8.40. The van der Waals surface area contributed by atoms with Gasteiger partial charge in [0.2, 0.25) is 5.91 Å². The number of anilines is 1. The lowest BCUT2D eigenvalue weighted by molar-refractivity contribution is -0.274. The fourth-order valence-electron chi connectivity index (χ4n) is 3.36. The summed E-state index contributed by atoms with van der Waals surface area (Å²) in [5.41, 5.74) is 0.127. The summed E-state index contributed by atoms with van der Waals surface area (Å²) in [5.74, 6) is -0.984. The van der Waals surface area contributed by atoms with Crippen LogP contribution in [0.3, 0.4) is 0 Å². The van der Waals surface area contributed by atoms with Gasteiger partial charge >= 0.3 is 6.36 Å². The van der Waals surface area contributed by atoms with Crippen LogP contribution in [0.1, 0.15) is 20.8 Å². The smallest absolute Gasteiger partial charge is 0.406 e. The minimum Gasteiger partial charge on any atom is -0.406 e. The van der Waals surface area contributed by atoms with Gasteiger partial charge in [-0.25, -0.2) is 4.68 Å². The Kier molecular flexibility index (Phi) is 5.94. The molecule has 8 nitrogen and oxygen atoms in total. The maximum absolute atomic E-state index is 13.3. The highest BCUT2D eigenvalue weighted by molar-refractivity contribution is 7.13. The topological polar surface area (TPSA) is 91.0 Å². The van der Waals surface area contributed by atoms with Crippen LogP contribution in [0.2, 0.25) is 0 Å². The number of aromatic nitrogens is 4. The molecule has 0 spiro atoms. The van der Waals surface area contributed by atoms with E-state index < -0.39 is 35.7 Å². The molecule has 0 aliphatic rings. The normalized spacial score (nSPS) is 12.2. The van der Waals surface area contributed by atoms with Crippen LogP contribution in [0.25, 0.3) is 21.5 Å². The van der Waals surface area contributed by atoms with Crippen molar-refractivity contribution in [3.8, 4) is 16.3 Å². The molecule has 1 N–H and O–H groups in total. The van der Waals surface area contributed by atoms with Crippen molar-refractivity contribution in [3.63, 3.8) is 0 Å². The number of nitrogens with zero attached hydrogens (tertiary/aromatic N) is 4. The highest BCUT2D eigenvalue weighted by Crippen LogP contribution is 2.30. The number of halogens is 3. The number of carbonyl (C=O) groups excluding carboxylic acids is 1. The highest BCUT2D eigenvalue weighted by Gasteiger charge is 2.31. The Labute approximate surface area is 195 Å². The Hall–Kier alpha value is -3.67. The molecule has 3 heterocycles. The molecule has 178 valence electrons. The molecule has 0 atom stereocenters. The van der Waals surface area contributed by atoms with Crippen molar-refractivity contribution >= 4 is 33.8 Å². The van der Waals surface area contributed by atoms with Crippen LogP contribution < -0.4 is 15.6 Å². The van der Waals surface area contributed by atoms with Crippen LogP contribution in [-0.4, -0.2) is 31.8 Å². The first-order chi connectivity index (χ1) is 15.9. The van der Waals surface area contributed by atoms with Gasteiger partial charge in [-0.05, 0) is 56.5 Å². The fraction of sp³-hybridized carbons (Fsp3) is 0.273. The molecule has 0 radical (unpaired) electrons. The summed E-state index contributed by atoms with van der Waals surface area (Å²) in [6.07, 6.45) is -3.21. The van der Waals surface area contributed by atoms with Crippen LogP contribution in [0.15, 0.2) is 52.8 Å². The SMILES string of the molecule is CC(C)(C)n1ncc2c(-c3cccs3)nn(CC(=O)Nc3ccc(OC(F)(F)F)cc3)c(=O)c21. The molecule has 1 aromatic carbocycles. The Balaban J connectivity index is 1.66. The van der Waals surface area contributed by atoms with Crippen molar-refractivity contribution in [1.29, 1.82) is 0 Å². The number of hydrogen-bond donors (Lipinski definition) is 1. The molecule has 34 heavy (non-hydrogen) atoms. The molecule has 0 saturated heterocycles. The van der Waals surface area contributed by atoms with E-state index in [0.29, 0.717) is 16.6 Å². The molecule has 0 fully saturated rings. The van der Waals surface area contributed by atoms with Gasteiger partial charge in [-0.3, -0.25) is 14.3 Å². The third kappa shape index (κ3) is 4.96. The summed E-state index contributed by atoms with van der Waals surface area (Å²) in [6, 6.07) is 8.41. The predicted molar refractivity (Wildman–Crippen MR) is 122 cm³/mol. The molecule has 1 amide bonds. The minimum atomic E-state index is -4.81. The summed E-state index contributed by atoms with van der Waals surface area (Å²) in [7, 11) is 0. The van der Waals surface area contributed by atoms with E-state index in [1.54, 1.807) is 10.9 Å². The van der Waals surface area contributed by atoms with Crippen molar-refractivity contribution in [3.05, 3.63) is 58.3 Å². The fourth-order valence-corrected chi connectivity index (χ4v) is 4.08. The van der Waals surface area contributed by atoms with E-state index in [-0.39, 0.29) is 5.69 Å². The Bertz CT molecular complexity index is 1380. The lowest BCUT2D eigenvalue weighted by Gasteiger charge is -2.20.